The van der Waals surface area contributed by atoms with E-state index in [1.165, 1.54) is 10.4 Å². The van der Waals surface area contributed by atoms with Gasteiger partial charge < -0.3 is 0 Å². The third-order valence-corrected chi connectivity index (χ3v) is 6.27. The van der Waals surface area contributed by atoms with E-state index in [0.717, 1.165) is 0 Å². The number of nitrogens with zero attached hydrogens (tertiary/aromatic N) is 1. The lowest BCUT2D eigenvalue weighted by Gasteiger charge is -2.18. The molecule has 0 unspecified atom stereocenters. The van der Waals surface area contributed by atoms with Crippen LogP contribution in [-0.4, -0.2) is 34.9 Å². The predicted molar refractivity (Wildman–Crippen MR) is 84.5 cm³/mol. The highest BCUT2D eigenvalue weighted by atomic mass is 32.2. The Morgan fingerprint density at radius 1 is 1.43 bits per heavy atom. The van der Waals surface area contributed by atoms with Crippen molar-refractivity contribution in [1.29, 1.82) is 0 Å². The lowest BCUT2D eigenvalue weighted by Crippen LogP contribution is -2.25. The van der Waals surface area contributed by atoms with Crippen LogP contribution in [0.1, 0.15) is 12.0 Å². The molecule has 21 heavy (non-hydrogen) atoms. The van der Waals surface area contributed by atoms with Gasteiger partial charge in [0.15, 0.2) is 0 Å². The van der Waals surface area contributed by atoms with E-state index in [0.29, 0.717) is 29.9 Å². The topological polar surface area (TPSA) is 83.6 Å². The van der Waals surface area contributed by atoms with Crippen molar-refractivity contribution >= 4 is 31.4 Å². The summed E-state index contributed by atoms with van der Waals surface area (Å²) in [5.74, 6) is -0.0194. The van der Waals surface area contributed by atoms with E-state index in [9.17, 15) is 16.8 Å². The van der Waals surface area contributed by atoms with Crippen LogP contribution in [0.4, 0.5) is 11.4 Å². The van der Waals surface area contributed by atoms with Crippen LogP contribution in [0, 0.1) is 6.92 Å². The quantitative estimate of drug-likeness (QED) is 0.829. The normalized spacial score (nSPS) is 17.7. The zero-order chi connectivity index (χ0) is 15.7. The Morgan fingerprint density at radius 3 is 2.67 bits per heavy atom. The molecule has 1 fully saturated rings. The van der Waals surface area contributed by atoms with Gasteiger partial charge in [0.25, 0.3) is 0 Å². The second kappa shape index (κ2) is 5.69. The number of aryl methyl sites for hydroxylation is 1. The Balaban J connectivity index is 2.28. The standard InChI is InChI=1S/C13H18N2O4S2/c1-3-8-20(16,17)14-13-6-5-12(10-11(13)2)15-7-4-9-21(15,18)19/h3,5-6,10,14H,1,4,7-9H2,2H3. The van der Waals surface area contributed by atoms with Crippen LogP contribution >= 0.6 is 0 Å². The fraction of sp³-hybridized carbons (Fsp3) is 0.385. The fourth-order valence-corrected chi connectivity index (χ4v) is 4.73. The van der Waals surface area contributed by atoms with Crippen molar-refractivity contribution in [3.05, 3.63) is 36.4 Å². The lowest BCUT2D eigenvalue weighted by molar-refractivity contribution is 0.599. The fourth-order valence-electron chi connectivity index (χ4n) is 2.21. The van der Waals surface area contributed by atoms with Crippen molar-refractivity contribution in [3.63, 3.8) is 0 Å². The van der Waals surface area contributed by atoms with E-state index in [1.54, 1.807) is 25.1 Å². The third kappa shape index (κ3) is 3.56. The maximum Gasteiger partial charge on any atom is 0.236 e. The van der Waals surface area contributed by atoms with Gasteiger partial charge in [0.1, 0.15) is 0 Å². The molecule has 0 aliphatic carbocycles. The molecule has 8 heteroatoms. The largest absolute Gasteiger partial charge is 0.283 e. The summed E-state index contributed by atoms with van der Waals surface area (Å²) in [5.41, 5.74) is 1.68. The summed E-state index contributed by atoms with van der Waals surface area (Å²) < 4.78 is 51.0. The van der Waals surface area contributed by atoms with Crippen molar-refractivity contribution in [2.75, 3.05) is 27.1 Å². The highest BCUT2D eigenvalue weighted by Gasteiger charge is 2.28. The Labute approximate surface area is 125 Å². The van der Waals surface area contributed by atoms with Gasteiger partial charge in [-0.1, -0.05) is 6.08 Å². The van der Waals surface area contributed by atoms with Crippen molar-refractivity contribution in [3.8, 4) is 0 Å². The molecule has 0 saturated carbocycles. The third-order valence-electron chi connectivity index (χ3n) is 3.20. The zero-order valence-corrected chi connectivity index (χ0v) is 13.4. The maximum atomic E-state index is 11.9. The van der Waals surface area contributed by atoms with Crippen molar-refractivity contribution in [2.24, 2.45) is 0 Å². The number of rotatable bonds is 5. The SMILES string of the molecule is C=CCS(=O)(=O)Nc1ccc(N2CCCS2(=O)=O)cc1C. The van der Waals surface area contributed by atoms with E-state index >= 15 is 0 Å². The highest BCUT2D eigenvalue weighted by molar-refractivity contribution is 7.93. The first-order chi connectivity index (χ1) is 9.75. The first kappa shape index (κ1) is 15.8. The van der Waals surface area contributed by atoms with Gasteiger partial charge in [-0.15, -0.1) is 6.58 Å². The first-order valence-corrected chi connectivity index (χ1v) is 9.74. The number of hydrogen-bond donors (Lipinski definition) is 1. The monoisotopic (exact) mass is 330 g/mol. The van der Waals surface area contributed by atoms with Crippen molar-refractivity contribution < 1.29 is 16.8 Å². The number of sulfonamides is 2. The molecule has 0 atom stereocenters. The molecular formula is C13H18N2O4S2. The molecule has 1 heterocycles. The summed E-state index contributed by atoms with van der Waals surface area (Å²) in [4.78, 5) is 0. The number of benzene rings is 1. The Kier molecular flexibility index (Phi) is 4.29. The summed E-state index contributed by atoms with van der Waals surface area (Å²) in [6, 6.07) is 4.87. The highest BCUT2D eigenvalue weighted by Crippen LogP contribution is 2.28. The first-order valence-electron chi connectivity index (χ1n) is 6.48. The number of nitrogens with one attached hydrogen (secondary N) is 1. The van der Waals surface area contributed by atoms with Gasteiger partial charge in [-0.05, 0) is 37.1 Å². The second-order valence-electron chi connectivity index (χ2n) is 4.91. The van der Waals surface area contributed by atoms with Gasteiger partial charge in [0, 0.05) is 6.54 Å². The molecule has 1 aliphatic heterocycles. The lowest BCUT2D eigenvalue weighted by atomic mass is 10.2. The summed E-state index contributed by atoms with van der Waals surface area (Å²) >= 11 is 0. The second-order valence-corrected chi connectivity index (χ2v) is 8.69. The molecule has 1 aromatic rings. The summed E-state index contributed by atoms with van der Waals surface area (Å²) in [6.07, 6.45) is 1.91. The van der Waals surface area contributed by atoms with Crippen LogP contribution in [0.15, 0.2) is 30.9 Å². The van der Waals surface area contributed by atoms with E-state index in [4.69, 9.17) is 0 Å². The molecule has 0 bridgehead atoms. The van der Waals surface area contributed by atoms with Gasteiger partial charge in [-0.2, -0.15) is 0 Å². The molecule has 116 valence electrons. The zero-order valence-electron chi connectivity index (χ0n) is 11.7. The molecule has 0 aromatic heterocycles. The Morgan fingerprint density at radius 2 is 2.14 bits per heavy atom. The maximum absolute atomic E-state index is 11.9. The van der Waals surface area contributed by atoms with Crippen LogP contribution in [0.5, 0.6) is 0 Å². The Hall–Kier alpha value is -1.54. The van der Waals surface area contributed by atoms with Gasteiger partial charge in [0.05, 0.1) is 22.9 Å². The molecule has 1 aliphatic rings. The van der Waals surface area contributed by atoms with Crippen molar-refractivity contribution in [2.45, 2.75) is 13.3 Å². The molecule has 0 spiro atoms. The molecule has 2 rings (SSSR count). The van der Waals surface area contributed by atoms with Crippen LogP contribution in [0.2, 0.25) is 0 Å². The summed E-state index contributed by atoms with van der Waals surface area (Å²) in [6.45, 7) is 5.60. The molecule has 0 radical (unpaired) electrons. The smallest absolute Gasteiger partial charge is 0.236 e. The van der Waals surface area contributed by atoms with Crippen LogP contribution in [-0.2, 0) is 20.0 Å². The van der Waals surface area contributed by atoms with E-state index in [1.807, 2.05) is 0 Å². The van der Waals surface area contributed by atoms with E-state index in [-0.39, 0.29) is 11.5 Å². The minimum absolute atomic E-state index is 0.153. The summed E-state index contributed by atoms with van der Waals surface area (Å²) in [5, 5.41) is 0. The molecule has 6 nitrogen and oxygen atoms in total. The Bertz CT molecular complexity index is 754. The van der Waals surface area contributed by atoms with Crippen molar-refractivity contribution in [1.82, 2.24) is 0 Å². The van der Waals surface area contributed by atoms with E-state index < -0.39 is 20.0 Å². The van der Waals surface area contributed by atoms with Crippen LogP contribution in [0.3, 0.4) is 0 Å². The average molecular weight is 330 g/mol. The minimum Gasteiger partial charge on any atom is -0.283 e. The molecule has 1 N–H and O–H groups in total. The van der Waals surface area contributed by atoms with Gasteiger partial charge in [0.2, 0.25) is 20.0 Å². The molecule has 1 saturated heterocycles. The van der Waals surface area contributed by atoms with Crippen LogP contribution in [0.25, 0.3) is 0 Å². The number of hydrogen-bond acceptors (Lipinski definition) is 4. The molecule has 0 amide bonds. The minimum atomic E-state index is -3.46. The van der Waals surface area contributed by atoms with Crippen LogP contribution < -0.4 is 9.03 Å². The number of anilines is 2. The van der Waals surface area contributed by atoms with Gasteiger partial charge in [-0.3, -0.25) is 9.03 Å². The predicted octanol–water partition coefficient (Wildman–Crippen LogP) is 1.46. The van der Waals surface area contributed by atoms with Gasteiger partial charge >= 0.3 is 0 Å². The summed E-state index contributed by atoms with van der Waals surface area (Å²) in [7, 11) is -6.69. The average Bonchev–Trinajstić information content (AvgIpc) is 2.71. The van der Waals surface area contributed by atoms with Gasteiger partial charge in [-0.25, -0.2) is 16.8 Å². The van der Waals surface area contributed by atoms with E-state index in [2.05, 4.69) is 11.3 Å². The molecule has 1 aromatic carbocycles. The molecular weight excluding hydrogens is 312 g/mol.